The maximum Gasteiger partial charge on any atom is 0.433 e. The van der Waals surface area contributed by atoms with Crippen molar-refractivity contribution < 1.29 is 35.9 Å². The molecule has 2 fully saturated rings. The van der Waals surface area contributed by atoms with Gasteiger partial charge in [0.15, 0.2) is 0 Å². The number of nitrogens with one attached hydrogen (secondary N) is 1. The fourth-order valence-corrected chi connectivity index (χ4v) is 3.78. The molecule has 3 amide bonds. The van der Waals surface area contributed by atoms with Gasteiger partial charge in [-0.15, -0.1) is 0 Å². The molecule has 2 aromatic heterocycles. The largest absolute Gasteiger partial charge is 0.433 e. The van der Waals surface area contributed by atoms with Crippen molar-refractivity contribution in [1.29, 1.82) is 0 Å². The minimum Gasteiger partial charge on any atom is -0.310 e. The Labute approximate surface area is 189 Å². The third-order valence-corrected chi connectivity index (χ3v) is 5.63. The summed E-state index contributed by atoms with van der Waals surface area (Å²) in [7, 11) is 0. The molecule has 2 aromatic rings. The van der Waals surface area contributed by atoms with E-state index in [4.69, 9.17) is 0 Å². The molecular formula is C21H19F6N5O2. The van der Waals surface area contributed by atoms with Gasteiger partial charge in [0.1, 0.15) is 18.1 Å². The standard InChI is InChI=1S/C21H19F6N5O2/c22-20(23,24)13-5-6-28-17(8-13)30-18(33)11-32-15(7-12-1-2-12)10-31(19(32)34)14-3-4-16(29-9-14)21(25,26)27/h3-6,8-9,12,15H,1-2,7,10-11H2,(H,28,30,33)/t15-/m0/s1. The average Bonchev–Trinajstić information content (AvgIpc) is 3.52. The molecule has 2 aliphatic rings. The summed E-state index contributed by atoms with van der Waals surface area (Å²) in [5, 5.41) is 2.27. The van der Waals surface area contributed by atoms with E-state index in [1.54, 1.807) is 0 Å². The Morgan fingerprint density at radius 3 is 2.38 bits per heavy atom. The van der Waals surface area contributed by atoms with Crippen molar-refractivity contribution in [3.63, 3.8) is 0 Å². The van der Waals surface area contributed by atoms with Crippen LogP contribution in [0.1, 0.15) is 30.5 Å². The number of urea groups is 1. The predicted molar refractivity (Wildman–Crippen MR) is 108 cm³/mol. The number of nitrogens with zero attached hydrogens (tertiary/aromatic N) is 4. The van der Waals surface area contributed by atoms with Crippen LogP contribution in [0.3, 0.4) is 0 Å². The zero-order valence-electron chi connectivity index (χ0n) is 17.5. The number of amides is 3. The number of anilines is 2. The van der Waals surface area contributed by atoms with Crippen LogP contribution in [-0.4, -0.2) is 45.9 Å². The summed E-state index contributed by atoms with van der Waals surface area (Å²) in [5.74, 6) is -0.679. The van der Waals surface area contributed by atoms with Gasteiger partial charge >= 0.3 is 18.4 Å². The zero-order chi connectivity index (χ0) is 24.7. The van der Waals surface area contributed by atoms with Crippen molar-refractivity contribution in [2.45, 2.75) is 37.7 Å². The molecule has 0 aromatic carbocycles. The number of aromatic nitrogens is 2. The highest BCUT2D eigenvalue weighted by atomic mass is 19.4. The minimum atomic E-state index is -4.62. The van der Waals surface area contributed by atoms with E-state index in [1.165, 1.54) is 9.80 Å². The van der Waals surface area contributed by atoms with Crippen molar-refractivity contribution in [1.82, 2.24) is 14.9 Å². The molecule has 7 nitrogen and oxygen atoms in total. The lowest BCUT2D eigenvalue weighted by molar-refractivity contribution is -0.141. The molecule has 3 heterocycles. The van der Waals surface area contributed by atoms with Gasteiger partial charge in [-0.05, 0) is 36.6 Å². The molecule has 1 aliphatic heterocycles. The molecule has 0 unspecified atom stereocenters. The molecule has 1 N–H and O–H groups in total. The molecule has 13 heteroatoms. The smallest absolute Gasteiger partial charge is 0.310 e. The topological polar surface area (TPSA) is 78.4 Å². The monoisotopic (exact) mass is 487 g/mol. The van der Waals surface area contributed by atoms with Crippen LogP contribution in [0, 0.1) is 5.92 Å². The van der Waals surface area contributed by atoms with Gasteiger partial charge in [-0.3, -0.25) is 9.69 Å². The summed E-state index contributed by atoms with van der Waals surface area (Å²) in [4.78, 5) is 35.2. The van der Waals surface area contributed by atoms with E-state index in [0.29, 0.717) is 18.4 Å². The van der Waals surface area contributed by atoms with Crippen molar-refractivity contribution >= 4 is 23.4 Å². The lowest BCUT2D eigenvalue weighted by atomic mass is 10.1. The second-order valence-electron chi connectivity index (χ2n) is 8.23. The van der Waals surface area contributed by atoms with Crippen LogP contribution in [0.5, 0.6) is 0 Å². The van der Waals surface area contributed by atoms with E-state index in [-0.39, 0.29) is 24.1 Å². The van der Waals surface area contributed by atoms with Gasteiger partial charge in [0.05, 0.1) is 23.5 Å². The van der Waals surface area contributed by atoms with E-state index in [1.807, 2.05) is 0 Å². The Morgan fingerprint density at radius 2 is 1.79 bits per heavy atom. The first-order chi connectivity index (χ1) is 15.9. The van der Waals surface area contributed by atoms with E-state index in [9.17, 15) is 35.9 Å². The molecule has 182 valence electrons. The summed E-state index contributed by atoms with van der Waals surface area (Å²) in [6.07, 6.45) is -4.82. The maximum atomic E-state index is 13.0. The van der Waals surface area contributed by atoms with Gasteiger partial charge < -0.3 is 10.2 Å². The van der Waals surface area contributed by atoms with E-state index >= 15 is 0 Å². The summed E-state index contributed by atoms with van der Waals surface area (Å²) in [6, 6.07) is 2.37. The molecule has 0 radical (unpaired) electrons. The number of alkyl halides is 6. The second kappa shape index (κ2) is 8.76. The van der Waals surface area contributed by atoms with Gasteiger partial charge in [-0.25, -0.2) is 14.8 Å². The minimum absolute atomic E-state index is 0.150. The lowest BCUT2D eigenvalue weighted by Gasteiger charge is -2.22. The number of hydrogen-bond acceptors (Lipinski definition) is 4. The van der Waals surface area contributed by atoms with E-state index in [0.717, 1.165) is 43.4 Å². The molecule has 34 heavy (non-hydrogen) atoms. The third kappa shape index (κ3) is 5.39. The fraction of sp³-hybridized carbons (Fsp3) is 0.429. The highest BCUT2D eigenvalue weighted by molar-refractivity contribution is 5.99. The summed E-state index contributed by atoms with van der Waals surface area (Å²) in [5.41, 5.74) is -1.92. The molecule has 1 atom stereocenters. The van der Waals surface area contributed by atoms with Crippen molar-refractivity contribution in [3.8, 4) is 0 Å². The summed E-state index contributed by atoms with van der Waals surface area (Å²) in [6.45, 7) is -0.295. The predicted octanol–water partition coefficient (Wildman–Crippen LogP) is 4.56. The van der Waals surface area contributed by atoms with Crippen molar-refractivity contribution in [3.05, 3.63) is 47.9 Å². The van der Waals surface area contributed by atoms with E-state index in [2.05, 4.69) is 15.3 Å². The first-order valence-corrected chi connectivity index (χ1v) is 10.4. The Morgan fingerprint density at radius 1 is 1.06 bits per heavy atom. The van der Waals surface area contributed by atoms with Gasteiger partial charge in [-0.2, -0.15) is 26.3 Å². The number of hydrogen-bond donors (Lipinski definition) is 1. The molecule has 1 saturated carbocycles. The lowest BCUT2D eigenvalue weighted by Crippen LogP contribution is -2.41. The second-order valence-corrected chi connectivity index (χ2v) is 8.23. The molecule has 0 bridgehead atoms. The molecule has 0 spiro atoms. The average molecular weight is 487 g/mol. The Bertz CT molecular complexity index is 1070. The third-order valence-electron chi connectivity index (χ3n) is 5.63. The van der Waals surface area contributed by atoms with E-state index < -0.39 is 42.1 Å². The maximum absolute atomic E-state index is 13.0. The van der Waals surface area contributed by atoms with Crippen molar-refractivity contribution in [2.24, 2.45) is 5.92 Å². The number of halogens is 6. The number of carbonyl (C=O) groups is 2. The van der Waals surface area contributed by atoms with Crippen LogP contribution in [-0.2, 0) is 17.1 Å². The van der Waals surface area contributed by atoms with Crippen LogP contribution < -0.4 is 10.2 Å². The van der Waals surface area contributed by atoms with Gasteiger partial charge in [0, 0.05) is 12.7 Å². The van der Waals surface area contributed by atoms with Crippen LogP contribution in [0.2, 0.25) is 0 Å². The zero-order valence-corrected chi connectivity index (χ0v) is 17.5. The van der Waals surface area contributed by atoms with Crippen LogP contribution in [0.4, 0.5) is 42.6 Å². The Balaban J connectivity index is 1.48. The summed E-state index contributed by atoms with van der Waals surface area (Å²) >= 11 is 0. The van der Waals surface area contributed by atoms with Crippen molar-refractivity contribution in [2.75, 3.05) is 23.3 Å². The van der Waals surface area contributed by atoms with Crippen LogP contribution >= 0.6 is 0 Å². The quantitative estimate of drug-likeness (QED) is 0.606. The first kappa shape index (κ1) is 23.8. The van der Waals surface area contributed by atoms with Crippen LogP contribution in [0.15, 0.2) is 36.7 Å². The number of rotatable bonds is 6. The first-order valence-electron chi connectivity index (χ1n) is 10.4. The molecule has 4 rings (SSSR count). The van der Waals surface area contributed by atoms with Gasteiger partial charge in [0.25, 0.3) is 0 Å². The summed E-state index contributed by atoms with van der Waals surface area (Å²) < 4.78 is 77.1. The SMILES string of the molecule is O=C(CN1C(=O)N(c2ccc(C(F)(F)F)nc2)C[C@@H]1CC1CC1)Nc1cc(C(F)(F)F)ccn1. The van der Waals surface area contributed by atoms with Gasteiger partial charge in [0.2, 0.25) is 5.91 Å². The normalized spacial score (nSPS) is 19.0. The number of pyridine rings is 2. The molecule has 1 saturated heterocycles. The highest BCUT2D eigenvalue weighted by Crippen LogP contribution is 2.38. The highest BCUT2D eigenvalue weighted by Gasteiger charge is 2.42. The number of carbonyl (C=O) groups excluding carboxylic acids is 2. The molecular weight excluding hydrogens is 468 g/mol. The molecule has 1 aliphatic carbocycles. The van der Waals surface area contributed by atoms with Crippen LogP contribution in [0.25, 0.3) is 0 Å². The fourth-order valence-electron chi connectivity index (χ4n) is 3.78. The van der Waals surface area contributed by atoms with Gasteiger partial charge in [-0.1, -0.05) is 12.8 Å². The Kier molecular flexibility index (Phi) is 6.13. The Hall–Kier alpha value is -3.38.